The molecule has 0 aromatic heterocycles. The van der Waals surface area contributed by atoms with Crippen molar-refractivity contribution < 1.29 is 23.9 Å². The molecule has 1 atom stereocenters. The van der Waals surface area contributed by atoms with Gasteiger partial charge < -0.3 is 10.1 Å². The molecule has 2 aromatic rings. The lowest BCUT2D eigenvalue weighted by atomic mass is 9.99. The van der Waals surface area contributed by atoms with Crippen LogP contribution in [0.2, 0.25) is 0 Å². The second-order valence-electron chi connectivity index (χ2n) is 7.00. The molecule has 0 saturated heterocycles. The highest BCUT2D eigenvalue weighted by molar-refractivity contribution is 5.99. The Morgan fingerprint density at radius 1 is 0.966 bits per heavy atom. The number of ether oxygens (including phenoxy) is 1. The molecule has 0 heterocycles. The van der Waals surface area contributed by atoms with Crippen LogP contribution in [0.4, 0.5) is 5.69 Å². The van der Waals surface area contributed by atoms with E-state index in [9.17, 15) is 19.2 Å². The number of rotatable bonds is 8. The van der Waals surface area contributed by atoms with Gasteiger partial charge in [-0.25, -0.2) is 0 Å². The highest BCUT2D eigenvalue weighted by Crippen LogP contribution is 2.15. The van der Waals surface area contributed by atoms with Gasteiger partial charge in [-0.1, -0.05) is 17.7 Å². The fourth-order valence-corrected chi connectivity index (χ4v) is 2.73. The zero-order valence-electron chi connectivity index (χ0n) is 17.1. The van der Waals surface area contributed by atoms with Gasteiger partial charge in [-0.3, -0.25) is 19.2 Å². The van der Waals surface area contributed by atoms with Crippen molar-refractivity contribution in [3.05, 3.63) is 64.7 Å². The maximum atomic E-state index is 12.3. The molecule has 6 nitrogen and oxygen atoms in total. The molecule has 0 radical (unpaired) electrons. The quantitative estimate of drug-likeness (QED) is 0.538. The third-order valence-corrected chi connectivity index (χ3v) is 4.49. The summed E-state index contributed by atoms with van der Waals surface area (Å²) < 4.78 is 5.13. The van der Waals surface area contributed by atoms with Crippen LogP contribution in [0.25, 0.3) is 0 Å². The second kappa shape index (κ2) is 9.78. The van der Waals surface area contributed by atoms with Crippen molar-refractivity contribution in [3.8, 4) is 0 Å². The lowest BCUT2D eigenvalue weighted by Crippen LogP contribution is -2.30. The summed E-state index contributed by atoms with van der Waals surface area (Å²) in [5, 5.41) is 2.62. The van der Waals surface area contributed by atoms with E-state index < -0.39 is 18.0 Å². The minimum atomic E-state index is -1.01. The van der Waals surface area contributed by atoms with Gasteiger partial charge in [-0.05, 0) is 63.6 Å². The summed E-state index contributed by atoms with van der Waals surface area (Å²) in [6.45, 7) is 6.67. The van der Waals surface area contributed by atoms with Crippen LogP contribution in [-0.4, -0.2) is 29.5 Å². The van der Waals surface area contributed by atoms with Crippen molar-refractivity contribution in [2.45, 2.75) is 46.6 Å². The number of hydrogen-bond donors (Lipinski definition) is 1. The minimum absolute atomic E-state index is 0.0178. The molecule has 152 valence electrons. The Morgan fingerprint density at radius 2 is 1.62 bits per heavy atom. The Balaban J connectivity index is 1.84. The number of ketones is 2. The molecule has 2 rings (SSSR count). The Morgan fingerprint density at radius 3 is 2.24 bits per heavy atom. The van der Waals surface area contributed by atoms with E-state index in [1.54, 1.807) is 30.3 Å². The topological polar surface area (TPSA) is 89.5 Å². The number of aryl methyl sites for hydroxylation is 2. The van der Waals surface area contributed by atoms with E-state index in [1.165, 1.54) is 13.8 Å². The molecule has 0 unspecified atom stereocenters. The number of benzene rings is 2. The first-order valence-corrected chi connectivity index (χ1v) is 9.39. The van der Waals surface area contributed by atoms with E-state index in [1.807, 2.05) is 26.0 Å². The maximum Gasteiger partial charge on any atom is 0.307 e. The van der Waals surface area contributed by atoms with Gasteiger partial charge in [0.1, 0.15) is 0 Å². The second-order valence-corrected chi connectivity index (χ2v) is 7.00. The number of carbonyl (C=O) groups excluding carboxylic acids is 4. The summed E-state index contributed by atoms with van der Waals surface area (Å²) in [5.41, 5.74) is 3.46. The Bertz CT molecular complexity index is 931. The molecule has 0 saturated carbocycles. The summed E-state index contributed by atoms with van der Waals surface area (Å²) in [6, 6.07) is 12.0. The highest BCUT2D eigenvalue weighted by atomic mass is 16.5. The van der Waals surface area contributed by atoms with Gasteiger partial charge >= 0.3 is 5.97 Å². The number of nitrogens with one attached hydrogen (secondary N) is 1. The van der Waals surface area contributed by atoms with E-state index in [0.717, 1.165) is 11.1 Å². The molecule has 2 aromatic carbocycles. The standard InChI is InChI=1S/C23H25NO5/c1-14-5-6-15(2)20(13-14)21(26)11-12-22(27)29-17(4)23(28)24-19-9-7-18(8-10-19)16(3)25/h5-10,13,17H,11-12H2,1-4H3,(H,24,28)/t17-/m1/s1. The van der Waals surface area contributed by atoms with E-state index in [0.29, 0.717) is 16.8 Å². The van der Waals surface area contributed by atoms with Gasteiger partial charge in [0.2, 0.25) is 0 Å². The molecule has 0 bridgehead atoms. The summed E-state index contributed by atoms with van der Waals surface area (Å²) in [7, 11) is 0. The average molecular weight is 395 g/mol. The van der Waals surface area contributed by atoms with E-state index in [2.05, 4.69) is 5.32 Å². The number of anilines is 1. The molecular weight excluding hydrogens is 370 g/mol. The molecular formula is C23H25NO5. The number of Topliss-reactive ketones (excluding diaryl/α,β-unsaturated/α-hetero) is 2. The molecule has 0 aliphatic heterocycles. The first-order valence-electron chi connectivity index (χ1n) is 9.39. The SMILES string of the molecule is CC(=O)c1ccc(NC(=O)[C@@H](C)OC(=O)CCC(=O)c2cc(C)ccc2C)cc1. The van der Waals surface area contributed by atoms with Crippen LogP contribution in [0.1, 0.15) is 58.5 Å². The lowest BCUT2D eigenvalue weighted by molar-refractivity contribution is -0.153. The molecule has 29 heavy (non-hydrogen) atoms. The summed E-state index contributed by atoms with van der Waals surface area (Å²) >= 11 is 0. The molecule has 1 amide bonds. The molecule has 0 aliphatic carbocycles. The minimum Gasteiger partial charge on any atom is -0.453 e. The monoisotopic (exact) mass is 395 g/mol. The smallest absolute Gasteiger partial charge is 0.307 e. The van der Waals surface area contributed by atoms with Gasteiger partial charge in [0.15, 0.2) is 17.7 Å². The van der Waals surface area contributed by atoms with Crippen molar-refractivity contribution in [2.24, 2.45) is 0 Å². The van der Waals surface area contributed by atoms with Crippen LogP contribution < -0.4 is 5.32 Å². The predicted octanol–water partition coefficient (Wildman–Crippen LogP) is 4.04. The molecule has 0 aliphatic rings. The molecule has 0 spiro atoms. The molecule has 6 heteroatoms. The van der Waals surface area contributed by atoms with Crippen LogP contribution >= 0.6 is 0 Å². The van der Waals surface area contributed by atoms with Gasteiger partial charge in [-0.15, -0.1) is 0 Å². The van der Waals surface area contributed by atoms with E-state index in [4.69, 9.17) is 4.74 Å². The van der Waals surface area contributed by atoms with Crippen LogP contribution in [0, 0.1) is 13.8 Å². The van der Waals surface area contributed by atoms with E-state index in [-0.39, 0.29) is 24.4 Å². The fraction of sp³-hybridized carbons (Fsp3) is 0.304. The third kappa shape index (κ3) is 6.38. The van der Waals surface area contributed by atoms with Crippen molar-refractivity contribution in [3.63, 3.8) is 0 Å². The van der Waals surface area contributed by atoms with Crippen molar-refractivity contribution in [2.75, 3.05) is 5.32 Å². The van der Waals surface area contributed by atoms with E-state index >= 15 is 0 Å². The fourth-order valence-electron chi connectivity index (χ4n) is 2.73. The van der Waals surface area contributed by atoms with Crippen LogP contribution in [0.3, 0.4) is 0 Å². The zero-order chi connectivity index (χ0) is 21.6. The summed E-state index contributed by atoms with van der Waals surface area (Å²) in [5.74, 6) is -1.31. The maximum absolute atomic E-state index is 12.3. The van der Waals surface area contributed by atoms with Crippen molar-refractivity contribution in [1.82, 2.24) is 0 Å². The van der Waals surface area contributed by atoms with Crippen LogP contribution in [0.15, 0.2) is 42.5 Å². The van der Waals surface area contributed by atoms with Gasteiger partial charge in [0, 0.05) is 23.2 Å². The average Bonchev–Trinajstić information content (AvgIpc) is 2.68. The Kier molecular flexibility index (Phi) is 7.42. The largest absolute Gasteiger partial charge is 0.453 e. The van der Waals surface area contributed by atoms with Crippen LogP contribution in [-0.2, 0) is 14.3 Å². The molecule has 1 N–H and O–H groups in total. The zero-order valence-corrected chi connectivity index (χ0v) is 17.1. The van der Waals surface area contributed by atoms with Gasteiger partial charge in [-0.2, -0.15) is 0 Å². The van der Waals surface area contributed by atoms with Gasteiger partial charge in [0.05, 0.1) is 6.42 Å². The summed E-state index contributed by atoms with van der Waals surface area (Å²) in [6.07, 6.45) is -1.09. The lowest BCUT2D eigenvalue weighted by Gasteiger charge is -2.14. The first-order chi connectivity index (χ1) is 13.7. The normalized spacial score (nSPS) is 11.4. The summed E-state index contributed by atoms with van der Waals surface area (Å²) in [4.78, 5) is 47.8. The van der Waals surface area contributed by atoms with Gasteiger partial charge in [0.25, 0.3) is 5.91 Å². The number of hydrogen-bond acceptors (Lipinski definition) is 5. The Hall–Kier alpha value is -3.28. The molecule has 0 fully saturated rings. The van der Waals surface area contributed by atoms with Crippen molar-refractivity contribution >= 4 is 29.1 Å². The number of amides is 1. The van der Waals surface area contributed by atoms with Crippen LogP contribution in [0.5, 0.6) is 0 Å². The highest BCUT2D eigenvalue weighted by Gasteiger charge is 2.19. The third-order valence-electron chi connectivity index (χ3n) is 4.49. The number of esters is 1. The first kappa shape index (κ1) is 22.0. The number of carbonyl (C=O) groups is 4. The Labute approximate surface area is 170 Å². The predicted molar refractivity (Wildman–Crippen MR) is 110 cm³/mol. The van der Waals surface area contributed by atoms with Crippen molar-refractivity contribution in [1.29, 1.82) is 0 Å².